The highest BCUT2D eigenvalue weighted by molar-refractivity contribution is 5.88. The van der Waals surface area contributed by atoms with E-state index in [2.05, 4.69) is 42.9 Å². The van der Waals surface area contributed by atoms with Crippen LogP contribution in [0, 0.1) is 28.1 Å². The molecule has 9 rings (SSSR count). The molecule has 0 amide bonds. The van der Waals surface area contributed by atoms with Crippen molar-refractivity contribution < 1.29 is 9.47 Å². The summed E-state index contributed by atoms with van der Waals surface area (Å²) in [6.45, 7) is 0. The molecule has 0 saturated carbocycles. The Labute approximate surface area is 323 Å². The van der Waals surface area contributed by atoms with Crippen molar-refractivity contribution in [3.63, 3.8) is 0 Å². The van der Waals surface area contributed by atoms with Crippen molar-refractivity contribution in [3.05, 3.63) is 155 Å². The van der Waals surface area contributed by atoms with Gasteiger partial charge in [0.2, 0.25) is 0 Å². The lowest BCUT2D eigenvalue weighted by Gasteiger charge is -2.27. The number of nitrogens with zero attached hydrogens (tertiary/aromatic N) is 8. The molecule has 2 aliphatic carbocycles. The molecule has 2 aliphatic rings. The molecule has 0 fully saturated rings. The summed E-state index contributed by atoms with van der Waals surface area (Å²) in [6.07, 6.45) is 15.6. The van der Waals surface area contributed by atoms with E-state index >= 15 is 0 Å². The lowest BCUT2D eigenvalue weighted by atomic mass is 9.88. The van der Waals surface area contributed by atoms with Crippen LogP contribution in [0.1, 0.15) is 76.8 Å². The Morgan fingerprint density at radius 2 is 1.34 bits per heavy atom. The van der Waals surface area contributed by atoms with Gasteiger partial charge in [-0.2, -0.15) is 36.0 Å². The molecule has 0 aliphatic heterocycles. The van der Waals surface area contributed by atoms with Gasteiger partial charge in [-0.25, -0.2) is 4.68 Å². The molecule has 12 heteroatoms. The Hall–Kier alpha value is -7.44. The summed E-state index contributed by atoms with van der Waals surface area (Å²) in [5, 5.41) is 50.1. The van der Waals surface area contributed by atoms with E-state index in [1.807, 2.05) is 95.8 Å². The van der Waals surface area contributed by atoms with Crippen molar-refractivity contribution in [3.8, 4) is 29.3 Å². The predicted octanol–water partition coefficient (Wildman–Crippen LogP) is 8.69. The van der Waals surface area contributed by atoms with E-state index in [4.69, 9.17) is 25.4 Å². The van der Waals surface area contributed by atoms with Crippen molar-refractivity contribution in [1.82, 2.24) is 30.2 Å². The third kappa shape index (κ3) is 7.77. The van der Waals surface area contributed by atoms with Gasteiger partial charge in [0.25, 0.3) is 0 Å². The molecule has 7 aromatic rings. The highest BCUT2D eigenvalue weighted by atomic mass is 16.5. The van der Waals surface area contributed by atoms with Gasteiger partial charge in [0.05, 0.1) is 76.8 Å². The largest absolute Gasteiger partial charge is 0.486 e. The molecule has 4 aromatic carbocycles. The number of nitrogens with one attached hydrogen (secondary N) is 2. The first-order valence-electron chi connectivity index (χ1n) is 18.4. The second kappa shape index (κ2) is 16.3. The zero-order valence-corrected chi connectivity index (χ0v) is 30.3. The number of aromatic nitrogens is 6. The number of nitriles is 2. The molecule has 12 nitrogen and oxygen atoms in total. The summed E-state index contributed by atoms with van der Waals surface area (Å²) in [6, 6.07) is 31.5. The van der Waals surface area contributed by atoms with Crippen molar-refractivity contribution >= 4 is 28.5 Å². The maximum Gasteiger partial charge on any atom is 0.124 e. The molecule has 56 heavy (non-hydrogen) atoms. The fourth-order valence-corrected chi connectivity index (χ4v) is 7.30. The number of aryl methyl sites for hydroxylation is 2. The Balaban J connectivity index is 0.000000157. The van der Waals surface area contributed by atoms with Crippen molar-refractivity contribution in [2.45, 2.75) is 50.7 Å². The smallest absolute Gasteiger partial charge is 0.124 e. The molecule has 3 aromatic heterocycles. The highest BCUT2D eigenvalue weighted by Gasteiger charge is 2.24. The van der Waals surface area contributed by atoms with Crippen LogP contribution in [-0.2, 0) is 12.8 Å². The van der Waals surface area contributed by atoms with Gasteiger partial charge in [-0.1, -0.05) is 12.1 Å². The maximum absolute atomic E-state index is 9.14. The lowest BCUT2D eigenvalue weighted by Crippen LogP contribution is -2.15. The molecular weight excluding hydrogens is 701 g/mol. The van der Waals surface area contributed by atoms with E-state index in [0.29, 0.717) is 11.1 Å². The van der Waals surface area contributed by atoms with Gasteiger partial charge in [-0.05, 0) is 121 Å². The van der Waals surface area contributed by atoms with Gasteiger partial charge in [-0.15, -0.1) is 0 Å². The highest BCUT2D eigenvalue weighted by Crippen LogP contribution is 2.37. The molecule has 3 heterocycles. The molecule has 0 unspecified atom stereocenters. The minimum Gasteiger partial charge on any atom is -0.486 e. The van der Waals surface area contributed by atoms with Crippen LogP contribution in [0.25, 0.3) is 16.6 Å². The number of rotatable bonds is 8. The third-order valence-electron chi connectivity index (χ3n) is 10.0. The second-order valence-corrected chi connectivity index (χ2v) is 13.6. The van der Waals surface area contributed by atoms with Gasteiger partial charge < -0.3 is 20.2 Å². The molecule has 0 spiro atoms. The first kappa shape index (κ1) is 35.6. The zero-order valence-electron chi connectivity index (χ0n) is 30.3. The van der Waals surface area contributed by atoms with Crippen LogP contribution in [-0.4, -0.2) is 36.4 Å². The van der Waals surface area contributed by atoms with Gasteiger partial charge in [0, 0.05) is 29.3 Å². The summed E-state index contributed by atoms with van der Waals surface area (Å²) in [5.41, 5.74) is 10.3. The average Bonchev–Trinajstić information content (AvgIpc) is 3.68. The van der Waals surface area contributed by atoms with Crippen LogP contribution in [0.5, 0.6) is 11.5 Å². The van der Waals surface area contributed by atoms with Crippen LogP contribution >= 0.6 is 0 Å². The van der Waals surface area contributed by atoms with Crippen LogP contribution in [0.4, 0.5) is 11.4 Å². The van der Waals surface area contributed by atoms with Gasteiger partial charge in [-0.3, -0.25) is 0 Å². The van der Waals surface area contributed by atoms with Gasteiger partial charge in [0.15, 0.2) is 0 Å². The van der Waals surface area contributed by atoms with Crippen LogP contribution in [0.3, 0.4) is 0 Å². The fraction of sp³-hybridized carbons (Fsp3) is 0.182. The van der Waals surface area contributed by atoms with E-state index < -0.39 is 0 Å². The topological polar surface area (TPSA) is 171 Å². The summed E-state index contributed by atoms with van der Waals surface area (Å²) < 4.78 is 14.5. The summed E-state index contributed by atoms with van der Waals surface area (Å²) in [4.78, 5) is 0. The molecule has 0 bridgehead atoms. The number of hydrogen-bond donors (Lipinski definition) is 2. The zero-order chi connectivity index (χ0) is 38.3. The monoisotopic (exact) mass is 736 g/mol. The van der Waals surface area contributed by atoms with Crippen LogP contribution in [0.2, 0.25) is 0 Å². The number of anilines is 2. The molecule has 0 saturated heterocycles. The van der Waals surface area contributed by atoms with E-state index in [-0.39, 0.29) is 12.2 Å². The lowest BCUT2D eigenvalue weighted by molar-refractivity contribution is 0.183. The van der Waals surface area contributed by atoms with Crippen molar-refractivity contribution in [1.29, 1.82) is 15.9 Å². The number of benzene rings is 4. The van der Waals surface area contributed by atoms with E-state index in [1.54, 1.807) is 24.8 Å². The van der Waals surface area contributed by atoms with Crippen LogP contribution in [0.15, 0.2) is 116 Å². The molecule has 2 atom stereocenters. The number of hydrogen-bond acceptors (Lipinski definition) is 11. The molecule has 0 radical (unpaired) electrons. The van der Waals surface area contributed by atoms with E-state index in [1.165, 1.54) is 22.9 Å². The standard InChI is InChI=1S/C22H17N5O.C22H19N5O/c23-12-15-4-7-20-16(10-15)2-1-3-22(20)28-19-6-5-17-13-26-27(21(17)11-19)18-8-9-24-25-14-18;23-12-15-4-7-20-16(10-15)2-1-3-22(20)28-19-6-5-17(13-24)21(11-19)27-18-8-9-25-26-14-18/h4-11,13-14,22H,1-3H2;4-11,13-14,22,24H,1-3H2,(H,25,27)/t2*22-/m01/s1. The Morgan fingerprint density at radius 3 is 1.95 bits per heavy atom. The molecule has 274 valence electrons. The quantitative estimate of drug-likeness (QED) is 0.144. The first-order valence-corrected chi connectivity index (χ1v) is 18.4. The van der Waals surface area contributed by atoms with Crippen LogP contribution < -0.4 is 14.8 Å². The Morgan fingerprint density at radius 1 is 0.696 bits per heavy atom. The molecule has 2 N–H and O–H groups in total. The minimum absolute atomic E-state index is 0.00657. The first-order chi connectivity index (χ1) is 27.6. The van der Waals surface area contributed by atoms with Crippen molar-refractivity contribution in [2.75, 3.05) is 5.32 Å². The minimum atomic E-state index is -0.0437. The number of fused-ring (bicyclic) bond motifs is 3. The average molecular weight is 737 g/mol. The van der Waals surface area contributed by atoms with Crippen molar-refractivity contribution in [2.24, 2.45) is 0 Å². The third-order valence-corrected chi connectivity index (χ3v) is 10.0. The summed E-state index contributed by atoms with van der Waals surface area (Å²) in [5.74, 6) is 1.54. The maximum atomic E-state index is 9.14. The summed E-state index contributed by atoms with van der Waals surface area (Å²) in [7, 11) is 0. The predicted molar refractivity (Wildman–Crippen MR) is 211 cm³/mol. The SMILES string of the molecule is N#Cc1ccc2c(c1)CCC[C@@H]2Oc1ccc2cnn(-c3ccnnc3)c2c1.N#Cc1ccc2c(c1)CCC[C@H]2Oc1ccc(C=N)c(Nc2ccnnc2)c1. The summed E-state index contributed by atoms with van der Waals surface area (Å²) >= 11 is 0. The normalized spacial score (nSPS) is 15.5. The van der Waals surface area contributed by atoms with E-state index in [0.717, 1.165) is 89.1 Å². The van der Waals surface area contributed by atoms with Gasteiger partial charge in [0.1, 0.15) is 23.7 Å². The van der Waals surface area contributed by atoms with Gasteiger partial charge >= 0.3 is 0 Å². The Bertz CT molecular complexity index is 2600. The fourth-order valence-electron chi connectivity index (χ4n) is 7.30. The molecular formula is C44H36N10O2. The van der Waals surface area contributed by atoms with E-state index in [9.17, 15) is 0 Å². The number of ether oxygens (including phenoxy) is 2. The second-order valence-electron chi connectivity index (χ2n) is 13.6. The Kier molecular flexibility index (Phi) is 10.3.